The van der Waals surface area contributed by atoms with E-state index < -0.39 is 0 Å². The fourth-order valence-corrected chi connectivity index (χ4v) is 2.00. The SMILES string of the molecule is Cc1ccc(F)c(C(N)C2CCCO2)c1. The van der Waals surface area contributed by atoms with Gasteiger partial charge in [-0.05, 0) is 25.8 Å². The maximum Gasteiger partial charge on any atom is 0.128 e. The molecule has 0 amide bonds. The molecule has 1 aliphatic heterocycles. The summed E-state index contributed by atoms with van der Waals surface area (Å²) in [6.07, 6.45) is 1.92. The van der Waals surface area contributed by atoms with Crippen molar-refractivity contribution in [1.82, 2.24) is 0 Å². The molecule has 1 fully saturated rings. The Morgan fingerprint density at radius 2 is 2.33 bits per heavy atom. The molecule has 82 valence electrons. The van der Waals surface area contributed by atoms with Crippen molar-refractivity contribution in [2.45, 2.75) is 31.9 Å². The molecule has 1 aliphatic rings. The molecule has 1 aromatic rings. The summed E-state index contributed by atoms with van der Waals surface area (Å²) < 4.78 is 19.0. The highest BCUT2D eigenvalue weighted by Gasteiger charge is 2.26. The molecule has 1 aromatic carbocycles. The number of aryl methyl sites for hydroxylation is 1. The maximum atomic E-state index is 13.5. The van der Waals surface area contributed by atoms with Crippen molar-refractivity contribution in [3.63, 3.8) is 0 Å². The van der Waals surface area contributed by atoms with E-state index in [2.05, 4.69) is 0 Å². The number of nitrogens with two attached hydrogens (primary N) is 1. The van der Waals surface area contributed by atoms with Crippen LogP contribution in [0.3, 0.4) is 0 Å². The first-order chi connectivity index (χ1) is 7.18. The van der Waals surface area contributed by atoms with Crippen molar-refractivity contribution in [3.8, 4) is 0 Å². The number of rotatable bonds is 2. The minimum Gasteiger partial charge on any atom is -0.376 e. The summed E-state index contributed by atoms with van der Waals surface area (Å²) >= 11 is 0. The van der Waals surface area contributed by atoms with E-state index in [0.717, 1.165) is 25.0 Å². The number of ether oxygens (including phenoxy) is 1. The molecule has 2 atom stereocenters. The average Bonchev–Trinajstić information content (AvgIpc) is 2.74. The molecule has 0 aromatic heterocycles. The lowest BCUT2D eigenvalue weighted by Crippen LogP contribution is -2.26. The van der Waals surface area contributed by atoms with Crippen LogP contribution in [0.4, 0.5) is 4.39 Å². The Morgan fingerprint density at radius 1 is 1.53 bits per heavy atom. The molecular formula is C12H16FNO. The zero-order valence-electron chi connectivity index (χ0n) is 8.87. The summed E-state index contributed by atoms with van der Waals surface area (Å²) in [5, 5.41) is 0. The van der Waals surface area contributed by atoms with Crippen molar-refractivity contribution < 1.29 is 9.13 Å². The molecule has 0 radical (unpaired) electrons. The molecule has 2 nitrogen and oxygen atoms in total. The van der Waals surface area contributed by atoms with Crippen LogP contribution in [0.1, 0.15) is 30.0 Å². The van der Waals surface area contributed by atoms with E-state index in [-0.39, 0.29) is 18.0 Å². The van der Waals surface area contributed by atoms with Gasteiger partial charge in [0.25, 0.3) is 0 Å². The third-order valence-electron chi connectivity index (χ3n) is 2.88. The Bertz CT molecular complexity index is 347. The second kappa shape index (κ2) is 4.29. The normalized spacial score (nSPS) is 23.0. The lowest BCUT2D eigenvalue weighted by molar-refractivity contribution is 0.0890. The molecule has 0 spiro atoms. The third-order valence-corrected chi connectivity index (χ3v) is 2.88. The summed E-state index contributed by atoms with van der Waals surface area (Å²) in [5.74, 6) is -0.233. The smallest absolute Gasteiger partial charge is 0.128 e. The van der Waals surface area contributed by atoms with Crippen LogP contribution in [0, 0.1) is 12.7 Å². The van der Waals surface area contributed by atoms with Crippen LogP contribution in [0.25, 0.3) is 0 Å². The first-order valence-electron chi connectivity index (χ1n) is 5.31. The number of hydrogen-bond donors (Lipinski definition) is 1. The Labute approximate surface area is 89.2 Å². The van der Waals surface area contributed by atoms with Gasteiger partial charge in [0.2, 0.25) is 0 Å². The van der Waals surface area contributed by atoms with Crippen LogP contribution in [-0.4, -0.2) is 12.7 Å². The Balaban J connectivity index is 2.23. The Hall–Kier alpha value is -0.930. The van der Waals surface area contributed by atoms with Gasteiger partial charge in [0, 0.05) is 12.2 Å². The van der Waals surface area contributed by atoms with Crippen molar-refractivity contribution in [1.29, 1.82) is 0 Å². The molecule has 1 saturated heterocycles. The van der Waals surface area contributed by atoms with Crippen molar-refractivity contribution in [2.24, 2.45) is 5.73 Å². The van der Waals surface area contributed by atoms with Gasteiger partial charge in [-0.3, -0.25) is 0 Å². The highest BCUT2D eigenvalue weighted by Crippen LogP contribution is 2.27. The predicted octanol–water partition coefficient (Wildman–Crippen LogP) is 2.31. The second-order valence-electron chi connectivity index (χ2n) is 4.10. The van der Waals surface area contributed by atoms with Gasteiger partial charge in [-0.25, -0.2) is 4.39 Å². The first-order valence-corrected chi connectivity index (χ1v) is 5.31. The summed E-state index contributed by atoms with van der Waals surface area (Å²) in [6.45, 7) is 2.68. The van der Waals surface area contributed by atoms with Crippen LogP contribution in [0.2, 0.25) is 0 Å². The molecule has 1 heterocycles. The van der Waals surface area contributed by atoms with E-state index in [1.807, 2.05) is 13.0 Å². The van der Waals surface area contributed by atoms with Crippen LogP contribution >= 0.6 is 0 Å². The van der Waals surface area contributed by atoms with Gasteiger partial charge in [-0.15, -0.1) is 0 Å². The van der Waals surface area contributed by atoms with E-state index in [1.54, 1.807) is 6.07 Å². The molecular weight excluding hydrogens is 193 g/mol. The van der Waals surface area contributed by atoms with Gasteiger partial charge in [-0.1, -0.05) is 17.7 Å². The second-order valence-corrected chi connectivity index (χ2v) is 4.10. The zero-order chi connectivity index (χ0) is 10.8. The Morgan fingerprint density at radius 3 is 3.00 bits per heavy atom. The van der Waals surface area contributed by atoms with Gasteiger partial charge in [0.15, 0.2) is 0 Å². The van der Waals surface area contributed by atoms with E-state index in [4.69, 9.17) is 10.5 Å². The zero-order valence-corrected chi connectivity index (χ0v) is 8.87. The van der Waals surface area contributed by atoms with E-state index in [0.29, 0.717) is 5.56 Å². The quantitative estimate of drug-likeness (QED) is 0.811. The molecule has 0 aliphatic carbocycles. The fourth-order valence-electron chi connectivity index (χ4n) is 2.00. The molecule has 3 heteroatoms. The lowest BCUT2D eigenvalue weighted by Gasteiger charge is -2.19. The highest BCUT2D eigenvalue weighted by atomic mass is 19.1. The minimum atomic E-state index is -0.340. The van der Waals surface area contributed by atoms with E-state index in [1.165, 1.54) is 6.07 Å². The maximum absolute atomic E-state index is 13.5. The molecule has 2 N–H and O–H groups in total. The van der Waals surface area contributed by atoms with Gasteiger partial charge in [0.05, 0.1) is 12.1 Å². The number of hydrogen-bond acceptors (Lipinski definition) is 2. The average molecular weight is 209 g/mol. The molecule has 0 saturated carbocycles. The van der Waals surface area contributed by atoms with Crippen LogP contribution in [0.5, 0.6) is 0 Å². The summed E-state index contributed by atoms with van der Waals surface area (Å²) in [5.41, 5.74) is 7.60. The number of halogens is 1. The van der Waals surface area contributed by atoms with E-state index in [9.17, 15) is 4.39 Å². The lowest BCUT2D eigenvalue weighted by atomic mass is 9.98. The van der Waals surface area contributed by atoms with Gasteiger partial charge in [0.1, 0.15) is 5.82 Å². The van der Waals surface area contributed by atoms with Crippen molar-refractivity contribution in [2.75, 3.05) is 6.61 Å². The summed E-state index contributed by atoms with van der Waals surface area (Å²) in [6, 6.07) is 4.69. The van der Waals surface area contributed by atoms with Crippen molar-refractivity contribution in [3.05, 3.63) is 35.1 Å². The minimum absolute atomic E-state index is 0.0266. The van der Waals surface area contributed by atoms with Gasteiger partial charge in [-0.2, -0.15) is 0 Å². The van der Waals surface area contributed by atoms with E-state index >= 15 is 0 Å². The van der Waals surface area contributed by atoms with Gasteiger partial charge < -0.3 is 10.5 Å². The molecule has 2 unspecified atom stereocenters. The van der Waals surface area contributed by atoms with Crippen LogP contribution in [0.15, 0.2) is 18.2 Å². The fraction of sp³-hybridized carbons (Fsp3) is 0.500. The van der Waals surface area contributed by atoms with Crippen molar-refractivity contribution >= 4 is 0 Å². The molecule has 15 heavy (non-hydrogen) atoms. The Kier molecular flexibility index (Phi) is 3.03. The standard InChI is InChI=1S/C12H16FNO/c1-8-4-5-10(13)9(7-8)12(14)11-3-2-6-15-11/h4-5,7,11-12H,2-3,6,14H2,1H3. The summed E-state index contributed by atoms with van der Waals surface area (Å²) in [7, 11) is 0. The first kappa shape index (κ1) is 10.6. The van der Waals surface area contributed by atoms with Crippen LogP contribution in [-0.2, 0) is 4.74 Å². The molecule has 2 rings (SSSR count). The number of benzene rings is 1. The van der Waals surface area contributed by atoms with Crippen LogP contribution < -0.4 is 5.73 Å². The highest BCUT2D eigenvalue weighted by molar-refractivity contribution is 5.27. The monoisotopic (exact) mass is 209 g/mol. The third kappa shape index (κ3) is 2.19. The topological polar surface area (TPSA) is 35.2 Å². The van der Waals surface area contributed by atoms with Gasteiger partial charge >= 0.3 is 0 Å². The summed E-state index contributed by atoms with van der Waals surface area (Å²) in [4.78, 5) is 0. The largest absolute Gasteiger partial charge is 0.376 e. The molecule has 0 bridgehead atoms. The predicted molar refractivity (Wildman–Crippen MR) is 57.0 cm³/mol.